The molecule has 5 heteroatoms. The topological polar surface area (TPSA) is 49.8 Å². The summed E-state index contributed by atoms with van der Waals surface area (Å²) in [6.07, 6.45) is 0. The molecule has 0 aliphatic carbocycles. The molecular formula is C19H19BrN4. The average molecular weight is 383 g/mol. The number of halogens is 1. The second kappa shape index (κ2) is 7.01. The van der Waals surface area contributed by atoms with Gasteiger partial charge in [-0.1, -0.05) is 28.1 Å². The largest absolute Gasteiger partial charge is 0.340 e. The Morgan fingerprint density at radius 1 is 0.833 bits per heavy atom. The molecule has 24 heavy (non-hydrogen) atoms. The zero-order valence-corrected chi connectivity index (χ0v) is 15.5. The Labute approximate surface area is 150 Å². The van der Waals surface area contributed by atoms with Crippen LogP contribution in [-0.2, 0) is 0 Å². The third-order valence-corrected chi connectivity index (χ3v) is 4.45. The van der Waals surface area contributed by atoms with E-state index >= 15 is 0 Å². The first kappa shape index (κ1) is 16.5. The van der Waals surface area contributed by atoms with Crippen LogP contribution in [-0.4, -0.2) is 9.97 Å². The summed E-state index contributed by atoms with van der Waals surface area (Å²) >= 11 is 3.52. The van der Waals surface area contributed by atoms with Crippen LogP contribution in [0.15, 0.2) is 53.0 Å². The summed E-state index contributed by atoms with van der Waals surface area (Å²) in [5, 5.41) is 6.60. The van der Waals surface area contributed by atoms with Gasteiger partial charge in [-0.2, -0.15) is 4.98 Å². The zero-order chi connectivity index (χ0) is 17.1. The summed E-state index contributed by atoms with van der Waals surface area (Å²) in [4.78, 5) is 9.02. The first-order chi connectivity index (χ1) is 11.5. The van der Waals surface area contributed by atoms with Crippen LogP contribution in [0.2, 0.25) is 0 Å². The lowest BCUT2D eigenvalue weighted by molar-refractivity contribution is 1.11. The Balaban J connectivity index is 1.84. The van der Waals surface area contributed by atoms with Crippen molar-refractivity contribution in [1.29, 1.82) is 0 Å². The monoisotopic (exact) mass is 382 g/mol. The molecule has 0 aliphatic rings. The number of hydrogen-bond acceptors (Lipinski definition) is 4. The molecule has 0 bridgehead atoms. The van der Waals surface area contributed by atoms with E-state index in [1.54, 1.807) is 0 Å². The smallest absolute Gasteiger partial charge is 0.229 e. The van der Waals surface area contributed by atoms with E-state index in [1.807, 2.05) is 37.3 Å². The highest BCUT2D eigenvalue weighted by atomic mass is 79.9. The van der Waals surface area contributed by atoms with Crippen LogP contribution in [0.1, 0.15) is 16.8 Å². The van der Waals surface area contributed by atoms with Crippen LogP contribution < -0.4 is 10.6 Å². The van der Waals surface area contributed by atoms with E-state index in [2.05, 4.69) is 68.6 Å². The lowest BCUT2D eigenvalue weighted by Gasteiger charge is -2.11. The molecule has 0 saturated carbocycles. The first-order valence-corrected chi connectivity index (χ1v) is 8.51. The van der Waals surface area contributed by atoms with Gasteiger partial charge in [-0.25, -0.2) is 4.98 Å². The predicted octanol–water partition coefficient (Wildman–Crippen LogP) is 5.65. The predicted molar refractivity (Wildman–Crippen MR) is 103 cm³/mol. The van der Waals surface area contributed by atoms with Crippen LogP contribution in [0.4, 0.5) is 23.1 Å². The molecule has 2 aromatic carbocycles. The van der Waals surface area contributed by atoms with Gasteiger partial charge in [0.1, 0.15) is 5.82 Å². The maximum Gasteiger partial charge on any atom is 0.229 e. The second-order valence-electron chi connectivity index (χ2n) is 5.80. The third-order valence-electron chi connectivity index (χ3n) is 3.56. The molecule has 2 N–H and O–H groups in total. The number of aromatic nitrogens is 2. The van der Waals surface area contributed by atoms with Crippen molar-refractivity contribution in [2.24, 2.45) is 0 Å². The maximum absolute atomic E-state index is 4.56. The quantitative estimate of drug-likeness (QED) is 0.611. The Bertz CT molecular complexity index is 877. The van der Waals surface area contributed by atoms with E-state index in [0.717, 1.165) is 27.4 Å². The summed E-state index contributed by atoms with van der Waals surface area (Å²) in [6.45, 7) is 6.08. The van der Waals surface area contributed by atoms with Crippen LogP contribution >= 0.6 is 15.9 Å². The SMILES string of the molecule is Cc1cccc(Nc2nc(C)cc(Nc3ccc(Br)c(C)c3)n2)c1. The highest BCUT2D eigenvalue weighted by Crippen LogP contribution is 2.23. The van der Waals surface area contributed by atoms with Crippen molar-refractivity contribution in [3.05, 3.63) is 69.8 Å². The van der Waals surface area contributed by atoms with Crippen molar-refractivity contribution in [2.75, 3.05) is 10.6 Å². The van der Waals surface area contributed by atoms with E-state index in [4.69, 9.17) is 0 Å². The molecule has 0 saturated heterocycles. The second-order valence-corrected chi connectivity index (χ2v) is 6.66. The third kappa shape index (κ3) is 4.11. The standard InChI is InChI=1S/C19H19BrN4/c1-12-5-4-6-15(9-12)23-19-21-14(3)11-18(24-19)22-16-7-8-17(20)13(2)10-16/h4-11H,1-3H3,(H2,21,22,23,24). The normalized spacial score (nSPS) is 10.5. The van der Waals surface area contributed by atoms with Gasteiger partial charge in [0, 0.05) is 27.6 Å². The van der Waals surface area contributed by atoms with Gasteiger partial charge in [-0.05, 0) is 62.2 Å². The van der Waals surface area contributed by atoms with Gasteiger partial charge in [0.2, 0.25) is 5.95 Å². The lowest BCUT2D eigenvalue weighted by atomic mass is 10.2. The number of nitrogens with zero attached hydrogens (tertiary/aromatic N) is 2. The molecule has 0 radical (unpaired) electrons. The van der Waals surface area contributed by atoms with Gasteiger partial charge < -0.3 is 10.6 Å². The molecule has 1 heterocycles. The lowest BCUT2D eigenvalue weighted by Crippen LogP contribution is -2.02. The minimum atomic E-state index is 0.580. The van der Waals surface area contributed by atoms with E-state index in [9.17, 15) is 0 Å². The van der Waals surface area contributed by atoms with E-state index in [1.165, 1.54) is 11.1 Å². The van der Waals surface area contributed by atoms with Gasteiger partial charge >= 0.3 is 0 Å². The molecule has 3 aromatic rings. The van der Waals surface area contributed by atoms with Crippen LogP contribution in [0, 0.1) is 20.8 Å². The van der Waals surface area contributed by atoms with Crippen molar-refractivity contribution in [3.63, 3.8) is 0 Å². The number of rotatable bonds is 4. The first-order valence-electron chi connectivity index (χ1n) is 7.72. The summed E-state index contributed by atoms with van der Waals surface area (Å²) in [6, 6.07) is 16.2. The fraction of sp³-hybridized carbons (Fsp3) is 0.158. The van der Waals surface area contributed by atoms with Gasteiger partial charge in [0.05, 0.1) is 0 Å². The summed E-state index contributed by atoms with van der Waals surface area (Å²) in [5.74, 6) is 1.34. The van der Waals surface area contributed by atoms with Gasteiger partial charge in [-0.15, -0.1) is 0 Å². The number of nitrogens with one attached hydrogen (secondary N) is 2. The number of aryl methyl sites for hydroxylation is 3. The molecule has 0 unspecified atom stereocenters. The Kier molecular flexibility index (Phi) is 4.81. The Hall–Kier alpha value is -2.40. The van der Waals surface area contributed by atoms with Crippen molar-refractivity contribution >= 4 is 39.1 Å². The maximum atomic E-state index is 4.56. The van der Waals surface area contributed by atoms with Crippen LogP contribution in [0.25, 0.3) is 0 Å². The molecule has 122 valence electrons. The highest BCUT2D eigenvalue weighted by Gasteiger charge is 2.05. The fourth-order valence-electron chi connectivity index (χ4n) is 2.41. The molecular weight excluding hydrogens is 364 g/mol. The van der Waals surface area contributed by atoms with E-state index in [-0.39, 0.29) is 0 Å². The highest BCUT2D eigenvalue weighted by molar-refractivity contribution is 9.10. The fourth-order valence-corrected chi connectivity index (χ4v) is 2.66. The minimum absolute atomic E-state index is 0.580. The Morgan fingerprint density at radius 2 is 1.62 bits per heavy atom. The molecule has 0 amide bonds. The molecule has 0 fully saturated rings. The van der Waals surface area contributed by atoms with Gasteiger partial charge in [0.25, 0.3) is 0 Å². The van der Waals surface area contributed by atoms with Crippen LogP contribution in [0.5, 0.6) is 0 Å². The van der Waals surface area contributed by atoms with Crippen molar-refractivity contribution in [2.45, 2.75) is 20.8 Å². The summed E-state index contributed by atoms with van der Waals surface area (Å²) in [7, 11) is 0. The molecule has 1 aromatic heterocycles. The number of benzene rings is 2. The van der Waals surface area contributed by atoms with Gasteiger partial charge in [0.15, 0.2) is 0 Å². The van der Waals surface area contributed by atoms with Crippen LogP contribution in [0.3, 0.4) is 0 Å². The zero-order valence-electron chi connectivity index (χ0n) is 13.9. The molecule has 0 spiro atoms. The van der Waals surface area contributed by atoms with Crippen molar-refractivity contribution < 1.29 is 0 Å². The molecule has 3 rings (SSSR count). The Morgan fingerprint density at radius 3 is 2.38 bits per heavy atom. The summed E-state index contributed by atoms with van der Waals surface area (Å²) in [5.41, 5.74) is 5.23. The molecule has 0 aliphatic heterocycles. The van der Waals surface area contributed by atoms with E-state index < -0.39 is 0 Å². The number of hydrogen-bond donors (Lipinski definition) is 2. The minimum Gasteiger partial charge on any atom is -0.340 e. The molecule has 0 atom stereocenters. The van der Waals surface area contributed by atoms with Crippen molar-refractivity contribution in [3.8, 4) is 0 Å². The number of anilines is 4. The van der Waals surface area contributed by atoms with Gasteiger partial charge in [-0.3, -0.25) is 0 Å². The molecule has 4 nitrogen and oxygen atoms in total. The van der Waals surface area contributed by atoms with Crippen molar-refractivity contribution in [1.82, 2.24) is 9.97 Å². The average Bonchev–Trinajstić information content (AvgIpc) is 2.50. The van der Waals surface area contributed by atoms with E-state index in [0.29, 0.717) is 5.95 Å². The summed E-state index contributed by atoms with van der Waals surface area (Å²) < 4.78 is 1.09.